The summed E-state index contributed by atoms with van der Waals surface area (Å²) < 4.78 is 17.1. The van der Waals surface area contributed by atoms with Crippen molar-refractivity contribution >= 4 is 5.69 Å². The zero-order chi connectivity index (χ0) is 13.8. The highest BCUT2D eigenvalue weighted by atomic mass is 16.7. The minimum Gasteiger partial charge on any atom is -0.494 e. The number of anilines is 1. The van der Waals surface area contributed by atoms with Crippen molar-refractivity contribution in [3.05, 3.63) is 24.3 Å². The van der Waals surface area contributed by atoms with Gasteiger partial charge in [-0.05, 0) is 31.9 Å². The molecule has 3 rings (SSSR count). The average Bonchev–Trinajstić information content (AvgIpc) is 2.91. The molecule has 0 bridgehead atoms. The molecule has 0 radical (unpaired) electrons. The smallest absolute Gasteiger partial charge is 0.168 e. The molecular formula is C16H23NO3. The van der Waals surface area contributed by atoms with Crippen molar-refractivity contribution in [1.29, 1.82) is 0 Å². The summed E-state index contributed by atoms with van der Waals surface area (Å²) in [7, 11) is 0. The number of hydrogen-bond donors (Lipinski definition) is 1. The van der Waals surface area contributed by atoms with Crippen LogP contribution in [0.25, 0.3) is 0 Å². The maximum absolute atomic E-state index is 5.76. The maximum atomic E-state index is 5.76. The zero-order valence-corrected chi connectivity index (χ0v) is 12.1. The van der Waals surface area contributed by atoms with E-state index in [4.69, 9.17) is 14.2 Å². The van der Waals surface area contributed by atoms with Crippen LogP contribution < -0.4 is 10.1 Å². The van der Waals surface area contributed by atoms with E-state index >= 15 is 0 Å². The van der Waals surface area contributed by atoms with E-state index in [-0.39, 0.29) is 5.79 Å². The third-order valence-corrected chi connectivity index (χ3v) is 4.08. The fourth-order valence-corrected chi connectivity index (χ4v) is 3.07. The molecule has 20 heavy (non-hydrogen) atoms. The van der Waals surface area contributed by atoms with E-state index in [0.717, 1.165) is 50.3 Å². The second-order valence-electron chi connectivity index (χ2n) is 5.49. The molecule has 1 spiro atoms. The first-order valence-electron chi connectivity index (χ1n) is 7.57. The van der Waals surface area contributed by atoms with Gasteiger partial charge in [-0.25, -0.2) is 0 Å². The molecule has 1 heterocycles. The lowest BCUT2D eigenvalue weighted by molar-refractivity contribution is -0.177. The Balaban J connectivity index is 1.55. The molecule has 2 fully saturated rings. The fourth-order valence-electron chi connectivity index (χ4n) is 3.07. The van der Waals surface area contributed by atoms with Crippen LogP contribution in [0, 0.1) is 0 Å². The molecule has 1 aromatic carbocycles. The number of hydrogen-bond acceptors (Lipinski definition) is 4. The standard InChI is InChI=1S/C16H23NO3/c1-2-18-15-5-3-4-14(12-15)17-13-6-8-16(9-7-13)19-10-11-20-16/h3-5,12-13,17H,2,6-11H2,1H3. The summed E-state index contributed by atoms with van der Waals surface area (Å²) >= 11 is 0. The molecule has 0 atom stereocenters. The summed E-state index contributed by atoms with van der Waals surface area (Å²) in [6.07, 6.45) is 4.13. The van der Waals surface area contributed by atoms with Crippen LogP contribution in [0.3, 0.4) is 0 Å². The number of rotatable bonds is 4. The van der Waals surface area contributed by atoms with E-state index in [0.29, 0.717) is 12.6 Å². The van der Waals surface area contributed by atoms with Gasteiger partial charge in [0.05, 0.1) is 19.8 Å². The highest BCUT2D eigenvalue weighted by molar-refractivity contribution is 5.48. The van der Waals surface area contributed by atoms with Gasteiger partial charge in [0.25, 0.3) is 0 Å². The van der Waals surface area contributed by atoms with Crippen molar-refractivity contribution in [2.24, 2.45) is 0 Å². The van der Waals surface area contributed by atoms with Gasteiger partial charge in [0.15, 0.2) is 5.79 Å². The van der Waals surface area contributed by atoms with Gasteiger partial charge in [0.1, 0.15) is 5.75 Å². The minimum absolute atomic E-state index is 0.272. The summed E-state index contributed by atoms with van der Waals surface area (Å²) in [5.74, 6) is 0.651. The molecule has 110 valence electrons. The molecule has 1 saturated carbocycles. The third kappa shape index (κ3) is 3.07. The van der Waals surface area contributed by atoms with E-state index < -0.39 is 0 Å². The van der Waals surface area contributed by atoms with Gasteiger partial charge in [0, 0.05) is 30.6 Å². The fraction of sp³-hybridized carbons (Fsp3) is 0.625. The van der Waals surface area contributed by atoms with Crippen LogP contribution in [-0.4, -0.2) is 31.6 Å². The normalized spacial score (nSPS) is 22.1. The Bertz CT molecular complexity index is 433. The van der Waals surface area contributed by atoms with Gasteiger partial charge in [-0.1, -0.05) is 6.07 Å². The van der Waals surface area contributed by atoms with Crippen LogP contribution in [0.1, 0.15) is 32.6 Å². The van der Waals surface area contributed by atoms with Crippen molar-refractivity contribution in [1.82, 2.24) is 0 Å². The van der Waals surface area contributed by atoms with Crippen molar-refractivity contribution in [3.8, 4) is 5.75 Å². The lowest BCUT2D eigenvalue weighted by atomic mass is 9.90. The van der Waals surface area contributed by atoms with E-state index in [1.807, 2.05) is 19.1 Å². The molecule has 0 aromatic heterocycles. The van der Waals surface area contributed by atoms with Gasteiger partial charge >= 0.3 is 0 Å². The predicted molar refractivity (Wildman–Crippen MR) is 78.1 cm³/mol. The molecule has 4 heteroatoms. The highest BCUT2D eigenvalue weighted by Crippen LogP contribution is 2.36. The van der Waals surface area contributed by atoms with Crippen molar-refractivity contribution in [2.75, 3.05) is 25.1 Å². The summed E-state index contributed by atoms with van der Waals surface area (Å²) in [4.78, 5) is 0. The molecule has 1 N–H and O–H groups in total. The second kappa shape index (κ2) is 6.02. The summed E-state index contributed by atoms with van der Waals surface area (Å²) in [5.41, 5.74) is 1.13. The Morgan fingerprint density at radius 2 is 2.00 bits per heavy atom. The average molecular weight is 277 g/mol. The maximum Gasteiger partial charge on any atom is 0.168 e. The van der Waals surface area contributed by atoms with Gasteiger partial charge < -0.3 is 19.5 Å². The minimum atomic E-state index is -0.272. The molecule has 4 nitrogen and oxygen atoms in total. The molecule has 0 unspecified atom stereocenters. The molecule has 1 aliphatic carbocycles. The molecule has 1 saturated heterocycles. The van der Waals surface area contributed by atoms with Crippen LogP contribution in [0.4, 0.5) is 5.69 Å². The molecule has 1 aliphatic heterocycles. The first-order chi connectivity index (χ1) is 9.80. The number of benzene rings is 1. The van der Waals surface area contributed by atoms with Crippen LogP contribution in [-0.2, 0) is 9.47 Å². The van der Waals surface area contributed by atoms with E-state index in [9.17, 15) is 0 Å². The SMILES string of the molecule is CCOc1cccc(NC2CCC3(CC2)OCCO3)c1. The quantitative estimate of drug-likeness (QED) is 0.917. The summed E-state index contributed by atoms with van der Waals surface area (Å²) in [6.45, 7) is 4.19. The number of ether oxygens (including phenoxy) is 3. The van der Waals surface area contributed by atoms with Crippen LogP contribution in [0.2, 0.25) is 0 Å². The van der Waals surface area contributed by atoms with Crippen molar-refractivity contribution < 1.29 is 14.2 Å². The lowest BCUT2D eigenvalue weighted by Gasteiger charge is -2.36. The van der Waals surface area contributed by atoms with Gasteiger partial charge in [-0.2, -0.15) is 0 Å². The Kier molecular flexibility index (Phi) is 4.13. The summed E-state index contributed by atoms with van der Waals surface area (Å²) in [6, 6.07) is 8.67. The first-order valence-corrected chi connectivity index (χ1v) is 7.57. The van der Waals surface area contributed by atoms with Crippen LogP contribution in [0.5, 0.6) is 5.75 Å². The Hall–Kier alpha value is -1.26. The van der Waals surface area contributed by atoms with E-state index in [1.54, 1.807) is 0 Å². The van der Waals surface area contributed by atoms with Crippen molar-refractivity contribution in [3.63, 3.8) is 0 Å². The van der Waals surface area contributed by atoms with E-state index in [1.165, 1.54) is 0 Å². The van der Waals surface area contributed by atoms with Gasteiger partial charge in [0.2, 0.25) is 0 Å². The van der Waals surface area contributed by atoms with Crippen LogP contribution >= 0.6 is 0 Å². The van der Waals surface area contributed by atoms with Crippen molar-refractivity contribution in [2.45, 2.75) is 44.4 Å². The topological polar surface area (TPSA) is 39.7 Å². The molecule has 0 amide bonds. The first kappa shape index (κ1) is 13.7. The zero-order valence-electron chi connectivity index (χ0n) is 12.1. The predicted octanol–water partition coefficient (Wildman–Crippen LogP) is 3.18. The molecule has 2 aliphatic rings. The van der Waals surface area contributed by atoms with Crippen LogP contribution in [0.15, 0.2) is 24.3 Å². The Morgan fingerprint density at radius 1 is 1.25 bits per heavy atom. The lowest BCUT2D eigenvalue weighted by Crippen LogP contribution is -2.39. The second-order valence-corrected chi connectivity index (χ2v) is 5.49. The molecular weight excluding hydrogens is 254 g/mol. The van der Waals surface area contributed by atoms with Gasteiger partial charge in [-0.3, -0.25) is 0 Å². The number of nitrogens with one attached hydrogen (secondary N) is 1. The third-order valence-electron chi connectivity index (χ3n) is 4.08. The summed E-state index contributed by atoms with van der Waals surface area (Å²) in [5, 5.41) is 3.59. The monoisotopic (exact) mass is 277 g/mol. The molecule has 1 aromatic rings. The Labute approximate surface area is 120 Å². The van der Waals surface area contributed by atoms with Gasteiger partial charge in [-0.15, -0.1) is 0 Å². The largest absolute Gasteiger partial charge is 0.494 e. The Morgan fingerprint density at radius 3 is 2.70 bits per heavy atom. The van der Waals surface area contributed by atoms with E-state index in [2.05, 4.69) is 17.4 Å². The highest BCUT2D eigenvalue weighted by Gasteiger charge is 2.40.